The van der Waals surface area contributed by atoms with Crippen LogP contribution in [0, 0.1) is 5.92 Å². The van der Waals surface area contributed by atoms with Crippen molar-refractivity contribution in [3.63, 3.8) is 0 Å². The van der Waals surface area contributed by atoms with Crippen LogP contribution in [0.5, 0.6) is 0 Å². The fourth-order valence-corrected chi connectivity index (χ4v) is 4.50. The van der Waals surface area contributed by atoms with Gasteiger partial charge in [-0.2, -0.15) is 0 Å². The van der Waals surface area contributed by atoms with Crippen LogP contribution in [0.3, 0.4) is 0 Å². The summed E-state index contributed by atoms with van der Waals surface area (Å²) < 4.78 is -0.0972. The molecule has 1 atom stereocenters. The average Bonchev–Trinajstić information content (AvgIpc) is 1.62. The molecule has 10 heavy (non-hydrogen) atoms. The van der Waals surface area contributed by atoms with Gasteiger partial charge in [-0.15, -0.1) is 0 Å². The van der Waals surface area contributed by atoms with E-state index in [9.17, 15) is 0 Å². The molecule has 0 heterocycles. The van der Waals surface area contributed by atoms with E-state index in [4.69, 9.17) is 11.6 Å². The quantitative estimate of drug-likeness (QED) is 0.511. The Bertz CT molecular complexity index is 115. The second kappa shape index (κ2) is 3.20. The minimum absolute atomic E-state index is 0.0972. The summed E-state index contributed by atoms with van der Waals surface area (Å²) >= 11 is 4.60. The normalized spacial score (nSPS) is 19.2. The van der Waals surface area contributed by atoms with Gasteiger partial charge >= 0.3 is 75.5 Å². The van der Waals surface area contributed by atoms with Crippen LogP contribution in [0.25, 0.3) is 0 Å². The molecule has 0 aliphatic heterocycles. The first-order valence-electron chi connectivity index (χ1n) is 3.63. The van der Waals surface area contributed by atoms with Gasteiger partial charge in [-0.3, -0.25) is 0 Å². The Morgan fingerprint density at radius 3 is 1.60 bits per heavy atom. The van der Waals surface area contributed by atoms with Gasteiger partial charge in [-0.1, -0.05) is 0 Å². The van der Waals surface area contributed by atoms with E-state index < -0.39 is 13.3 Å². The Kier molecular flexibility index (Phi) is 3.53. The SMILES string of the molecule is CC(C)[C]([Si])(Cl)[Ge]([CH3])([CH3])[CH3]. The number of hydrogen-bond acceptors (Lipinski definition) is 0. The number of alkyl halides is 1. The van der Waals surface area contributed by atoms with Crippen molar-refractivity contribution in [1.29, 1.82) is 0 Å². The molecule has 0 spiro atoms. The molecule has 3 radical (unpaired) electrons. The van der Waals surface area contributed by atoms with Crippen molar-refractivity contribution in [3.05, 3.63) is 0 Å². The third-order valence-corrected chi connectivity index (χ3v) is 15.5. The monoisotopic (exact) mass is 237 g/mol. The molecule has 0 aromatic heterocycles. The van der Waals surface area contributed by atoms with Crippen molar-refractivity contribution >= 4 is 35.1 Å². The molecule has 59 valence electrons. The Morgan fingerprint density at radius 2 is 1.60 bits per heavy atom. The average molecular weight is 236 g/mol. The fourth-order valence-electron chi connectivity index (χ4n) is 0.866. The van der Waals surface area contributed by atoms with Gasteiger partial charge in [0.1, 0.15) is 0 Å². The summed E-state index contributed by atoms with van der Waals surface area (Å²) in [5.74, 6) is 7.48. The maximum absolute atomic E-state index is 6.34. The van der Waals surface area contributed by atoms with Gasteiger partial charge in [0.2, 0.25) is 0 Å². The first-order valence-corrected chi connectivity index (χ1v) is 11.9. The van der Waals surface area contributed by atoms with Gasteiger partial charge < -0.3 is 0 Å². The van der Waals surface area contributed by atoms with E-state index in [-0.39, 0.29) is 3.33 Å². The zero-order valence-corrected chi connectivity index (χ0v) is 11.3. The van der Waals surface area contributed by atoms with E-state index in [1.54, 1.807) is 0 Å². The van der Waals surface area contributed by atoms with E-state index in [1.165, 1.54) is 0 Å². The summed E-state index contributed by atoms with van der Waals surface area (Å²) in [4.78, 5) is 0. The molecule has 0 rings (SSSR count). The van der Waals surface area contributed by atoms with E-state index >= 15 is 0 Å². The van der Waals surface area contributed by atoms with Crippen LogP contribution in [-0.4, -0.2) is 26.8 Å². The van der Waals surface area contributed by atoms with Crippen LogP contribution in [0.2, 0.25) is 17.3 Å². The number of hydrogen-bond donors (Lipinski definition) is 0. The van der Waals surface area contributed by atoms with Crippen LogP contribution >= 0.6 is 11.6 Å². The van der Waals surface area contributed by atoms with Crippen molar-refractivity contribution < 1.29 is 0 Å². The molecule has 0 N–H and O–H groups in total. The van der Waals surface area contributed by atoms with Gasteiger partial charge in [0.25, 0.3) is 0 Å². The molecule has 0 aromatic rings. The predicted octanol–water partition coefficient (Wildman–Crippen LogP) is 2.62. The van der Waals surface area contributed by atoms with E-state index in [1.807, 2.05) is 0 Å². The number of rotatable bonds is 2. The Labute approximate surface area is 75.5 Å². The second-order valence-electron chi connectivity index (χ2n) is 4.12. The third kappa shape index (κ3) is 2.28. The zero-order chi connectivity index (χ0) is 8.58. The first-order chi connectivity index (χ1) is 4.19. The molecule has 0 aromatic carbocycles. The molecule has 0 bridgehead atoms. The molecule has 0 aliphatic carbocycles. The minimum atomic E-state index is -1.75. The molecule has 0 fully saturated rings. The van der Waals surface area contributed by atoms with Crippen LogP contribution in [0.1, 0.15) is 13.8 Å². The second-order valence-corrected chi connectivity index (χ2v) is 18.6. The summed E-state index contributed by atoms with van der Waals surface area (Å²) in [6, 6.07) is 0. The molecule has 0 aliphatic rings. The van der Waals surface area contributed by atoms with E-state index in [0.717, 1.165) is 0 Å². The van der Waals surface area contributed by atoms with Crippen LogP contribution in [0.4, 0.5) is 0 Å². The van der Waals surface area contributed by atoms with Crippen LogP contribution < -0.4 is 0 Å². The topological polar surface area (TPSA) is 0 Å². The van der Waals surface area contributed by atoms with Crippen LogP contribution in [0.15, 0.2) is 0 Å². The molecule has 1 unspecified atom stereocenters. The van der Waals surface area contributed by atoms with Gasteiger partial charge in [0.05, 0.1) is 0 Å². The Balaban J connectivity index is 4.40. The van der Waals surface area contributed by atoms with Gasteiger partial charge in [0, 0.05) is 0 Å². The van der Waals surface area contributed by atoms with Crippen molar-refractivity contribution in [2.45, 2.75) is 34.4 Å². The van der Waals surface area contributed by atoms with Crippen molar-refractivity contribution in [2.24, 2.45) is 5.92 Å². The van der Waals surface area contributed by atoms with Crippen molar-refractivity contribution in [3.8, 4) is 0 Å². The summed E-state index contributed by atoms with van der Waals surface area (Å²) in [5, 5.41) is 0. The molecule has 0 amide bonds. The van der Waals surface area contributed by atoms with Gasteiger partial charge in [-0.05, 0) is 0 Å². The first kappa shape index (κ1) is 11.0. The van der Waals surface area contributed by atoms with Crippen LogP contribution in [-0.2, 0) is 0 Å². The molecule has 0 saturated heterocycles. The van der Waals surface area contributed by atoms with Crippen molar-refractivity contribution in [1.82, 2.24) is 0 Å². The fraction of sp³-hybridized carbons (Fsp3) is 1.00. The number of halogens is 1. The van der Waals surface area contributed by atoms with Gasteiger partial charge in [0.15, 0.2) is 0 Å². The third-order valence-electron chi connectivity index (χ3n) is 1.89. The molecule has 3 heteroatoms. The molecular weight excluding hydrogens is 220 g/mol. The van der Waals surface area contributed by atoms with E-state index in [2.05, 4.69) is 41.4 Å². The molecular formula is C7H16ClGeSi. The Hall–Kier alpha value is 1.05. The summed E-state index contributed by atoms with van der Waals surface area (Å²) in [5.41, 5.74) is 0. The zero-order valence-electron chi connectivity index (χ0n) is 7.46. The standard InChI is InChI=1S/C7H16ClGeSi/c1-6(2)7(8,10)9(3,4)5/h6H,1-5H3. The van der Waals surface area contributed by atoms with Gasteiger partial charge in [-0.25, -0.2) is 0 Å². The predicted molar refractivity (Wildman–Crippen MR) is 52.5 cm³/mol. The summed E-state index contributed by atoms with van der Waals surface area (Å²) in [6.45, 7) is 4.33. The Morgan fingerprint density at radius 1 is 1.30 bits per heavy atom. The summed E-state index contributed by atoms with van der Waals surface area (Å²) in [7, 11) is 3.67. The molecule has 0 saturated carbocycles. The maximum atomic E-state index is 6.34. The molecule has 0 nitrogen and oxygen atoms in total. The van der Waals surface area contributed by atoms with E-state index in [0.29, 0.717) is 5.92 Å². The summed E-state index contributed by atoms with van der Waals surface area (Å²) in [6.07, 6.45) is 0. The van der Waals surface area contributed by atoms with Crippen molar-refractivity contribution in [2.75, 3.05) is 0 Å².